The molecule has 182 valence electrons. The van der Waals surface area contributed by atoms with Crippen LogP contribution in [0.1, 0.15) is 44.1 Å². The number of aryl methyl sites for hydroxylation is 1. The van der Waals surface area contributed by atoms with E-state index in [4.69, 9.17) is 9.57 Å². The maximum atomic E-state index is 12.5. The van der Waals surface area contributed by atoms with Crippen LogP contribution < -0.4 is 16.1 Å². The average Bonchev–Trinajstić information content (AvgIpc) is 3.23. The number of nitrogens with one attached hydrogen (secondary N) is 3. The Morgan fingerprint density at radius 1 is 1.30 bits per heavy atom. The average molecular weight is 466 g/mol. The highest BCUT2D eigenvalue weighted by Gasteiger charge is 2.51. The van der Waals surface area contributed by atoms with Gasteiger partial charge in [0, 0.05) is 32.7 Å². The number of fused-ring (bicyclic) bond motifs is 4. The lowest BCUT2D eigenvalue weighted by molar-refractivity contribution is -0.127. The fourth-order valence-corrected chi connectivity index (χ4v) is 3.66. The normalized spacial score (nSPS) is 19.9. The van der Waals surface area contributed by atoms with Crippen LogP contribution in [0.4, 0.5) is 9.59 Å². The van der Waals surface area contributed by atoms with Crippen LogP contribution in [0.2, 0.25) is 0 Å². The quantitative estimate of drug-likeness (QED) is 0.142. The summed E-state index contributed by atoms with van der Waals surface area (Å²) < 4.78 is 6.72. The van der Waals surface area contributed by atoms with Gasteiger partial charge in [-0.25, -0.2) is 9.59 Å². The lowest BCUT2D eigenvalue weighted by Gasteiger charge is -2.31. The maximum Gasteiger partial charge on any atom is 0.407 e. The van der Waals surface area contributed by atoms with Gasteiger partial charge in [-0.3, -0.25) is 30.0 Å². The Labute approximate surface area is 190 Å². The Morgan fingerprint density at radius 3 is 2.67 bits per heavy atom. The number of aromatic nitrogens is 2. The Kier molecular flexibility index (Phi) is 7.07. The molecule has 14 nitrogen and oxygen atoms in total. The molecule has 2 bridgehead atoms. The predicted octanol–water partition coefficient (Wildman–Crippen LogP) is -0.167. The minimum absolute atomic E-state index is 0.188. The van der Waals surface area contributed by atoms with Gasteiger partial charge in [-0.05, 0) is 20.8 Å². The zero-order chi connectivity index (χ0) is 24.3. The first-order valence-electron chi connectivity index (χ1n) is 10.4. The molecule has 3 rings (SSSR count). The van der Waals surface area contributed by atoms with Crippen LogP contribution in [0.15, 0.2) is 11.2 Å². The van der Waals surface area contributed by atoms with Crippen LogP contribution in [0, 0.1) is 0 Å². The highest BCUT2D eigenvalue weighted by atomic mass is 16.6. The van der Waals surface area contributed by atoms with Crippen molar-refractivity contribution in [2.24, 2.45) is 12.0 Å². The second-order valence-electron chi connectivity index (χ2n) is 8.58. The van der Waals surface area contributed by atoms with Gasteiger partial charge >= 0.3 is 12.1 Å². The van der Waals surface area contributed by atoms with E-state index in [-0.39, 0.29) is 32.1 Å². The monoisotopic (exact) mass is 466 g/mol. The molecule has 0 aliphatic carbocycles. The van der Waals surface area contributed by atoms with E-state index in [1.165, 1.54) is 11.9 Å². The number of aliphatic imine (C=N–C) groups is 1. The molecule has 33 heavy (non-hydrogen) atoms. The first kappa shape index (κ1) is 24.3. The lowest BCUT2D eigenvalue weighted by Crippen LogP contribution is -2.45. The van der Waals surface area contributed by atoms with E-state index < -0.39 is 35.7 Å². The van der Waals surface area contributed by atoms with Crippen LogP contribution in [0.5, 0.6) is 0 Å². The zero-order valence-corrected chi connectivity index (χ0v) is 19.3. The lowest BCUT2D eigenvalue weighted by atomic mass is 9.97. The third-order valence-electron chi connectivity index (χ3n) is 5.05. The molecule has 0 saturated carbocycles. The molecule has 0 unspecified atom stereocenters. The predicted molar refractivity (Wildman–Crippen MR) is 114 cm³/mol. The summed E-state index contributed by atoms with van der Waals surface area (Å²) in [4.78, 5) is 47.0. The van der Waals surface area contributed by atoms with Crippen molar-refractivity contribution >= 4 is 23.9 Å². The van der Waals surface area contributed by atoms with E-state index in [0.717, 1.165) is 0 Å². The van der Waals surface area contributed by atoms with E-state index in [1.807, 2.05) is 0 Å². The third-order valence-corrected chi connectivity index (χ3v) is 5.05. The molecule has 14 heteroatoms. The molecule has 4 N–H and O–H groups in total. The summed E-state index contributed by atoms with van der Waals surface area (Å²) in [6, 6.07) is -1.73. The van der Waals surface area contributed by atoms with Crippen molar-refractivity contribution in [2.45, 2.75) is 38.5 Å². The van der Waals surface area contributed by atoms with Crippen molar-refractivity contribution in [3.63, 3.8) is 0 Å². The number of hydrogen-bond donors (Lipinski definition) is 4. The van der Waals surface area contributed by atoms with Crippen LogP contribution in [-0.2, 0) is 21.4 Å². The van der Waals surface area contributed by atoms with Gasteiger partial charge < -0.3 is 20.3 Å². The van der Waals surface area contributed by atoms with Gasteiger partial charge in [0.05, 0.1) is 18.4 Å². The summed E-state index contributed by atoms with van der Waals surface area (Å²) in [5.74, 6) is -0.144. The summed E-state index contributed by atoms with van der Waals surface area (Å²) in [6.45, 7) is 5.58. The van der Waals surface area contributed by atoms with Gasteiger partial charge in [0.1, 0.15) is 23.5 Å². The van der Waals surface area contributed by atoms with Gasteiger partial charge in [0.2, 0.25) is 5.91 Å². The number of amidine groups is 1. The van der Waals surface area contributed by atoms with Crippen LogP contribution in [0.3, 0.4) is 0 Å². The number of urea groups is 1. The summed E-state index contributed by atoms with van der Waals surface area (Å²) in [5.41, 5.74) is 3.44. The fraction of sp³-hybridized carbons (Fsp3) is 0.632. The van der Waals surface area contributed by atoms with Crippen LogP contribution >= 0.6 is 0 Å². The van der Waals surface area contributed by atoms with Crippen molar-refractivity contribution in [3.05, 3.63) is 17.5 Å². The number of carbonyl (C=O) groups excluding carboxylic acids is 3. The molecule has 2 atom stereocenters. The SMILES string of the molecule is CN=C(NOCC(=O)NCCNC(=O)OC(C)(C)C)[C@@H]1c2c(cnn2C)[C@H]2CN1C(=O)N2O. The molecule has 1 fully saturated rings. The number of ether oxygens (including phenoxy) is 1. The largest absolute Gasteiger partial charge is 0.444 e. The van der Waals surface area contributed by atoms with E-state index in [1.54, 1.807) is 38.7 Å². The second-order valence-corrected chi connectivity index (χ2v) is 8.58. The summed E-state index contributed by atoms with van der Waals surface area (Å²) >= 11 is 0. The Hall–Kier alpha value is -3.39. The Morgan fingerprint density at radius 2 is 2.00 bits per heavy atom. The number of alkyl carbamates (subject to hydrolysis) is 1. The molecular weight excluding hydrogens is 436 g/mol. The topological polar surface area (TPSA) is 163 Å². The fourth-order valence-electron chi connectivity index (χ4n) is 3.66. The summed E-state index contributed by atoms with van der Waals surface area (Å²) in [7, 11) is 3.25. The Balaban J connectivity index is 1.49. The van der Waals surface area contributed by atoms with Gasteiger partial charge in [0.15, 0.2) is 6.61 Å². The van der Waals surface area contributed by atoms with Crippen LogP contribution in [-0.4, -0.2) is 87.7 Å². The highest BCUT2D eigenvalue weighted by molar-refractivity contribution is 5.93. The van der Waals surface area contributed by atoms with E-state index in [2.05, 4.69) is 26.2 Å². The zero-order valence-electron chi connectivity index (χ0n) is 19.3. The van der Waals surface area contributed by atoms with Crippen molar-refractivity contribution in [2.75, 3.05) is 33.3 Å². The highest BCUT2D eigenvalue weighted by Crippen LogP contribution is 2.42. The number of rotatable bonds is 7. The minimum atomic E-state index is -0.667. The van der Waals surface area contributed by atoms with E-state index >= 15 is 0 Å². The molecule has 2 aliphatic heterocycles. The van der Waals surface area contributed by atoms with E-state index in [9.17, 15) is 19.6 Å². The molecule has 2 aliphatic rings. The number of hydroxylamine groups is 3. The van der Waals surface area contributed by atoms with Crippen LogP contribution in [0.25, 0.3) is 0 Å². The molecule has 0 radical (unpaired) electrons. The molecule has 1 saturated heterocycles. The molecule has 4 amide bonds. The number of hydrogen-bond acceptors (Lipinski definition) is 8. The summed E-state index contributed by atoms with van der Waals surface area (Å²) in [5, 5.41) is 20.2. The first-order valence-corrected chi connectivity index (χ1v) is 10.4. The van der Waals surface area contributed by atoms with E-state index in [0.29, 0.717) is 16.3 Å². The van der Waals surface area contributed by atoms with Crippen molar-refractivity contribution in [1.29, 1.82) is 0 Å². The van der Waals surface area contributed by atoms with Crippen molar-refractivity contribution < 1.29 is 29.2 Å². The molecular formula is C19H30N8O6. The maximum absolute atomic E-state index is 12.5. The van der Waals surface area contributed by atoms with Gasteiger partial charge in [0.25, 0.3) is 0 Å². The standard InChI is InChI=1S/C19H30N8O6/c1-19(2,3)33-17(29)22-7-6-21-13(28)10-32-24-16(20-4)15-14-11(8-23-25(14)5)12-9-26(15)18(30)27(12)31/h8,12,15,31H,6-7,9-10H2,1-5H3,(H,20,24)(H,21,28)(H,22,29)/t12-,15+/m1/s1. The first-order chi connectivity index (χ1) is 15.5. The van der Waals surface area contributed by atoms with Gasteiger partial charge in [-0.1, -0.05) is 0 Å². The smallest absolute Gasteiger partial charge is 0.407 e. The van der Waals surface area contributed by atoms with Gasteiger partial charge in [-0.2, -0.15) is 10.2 Å². The number of nitrogens with zero attached hydrogens (tertiary/aromatic N) is 5. The molecule has 0 aromatic carbocycles. The molecule has 3 heterocycles. The van der Waals surface area contributed by atoms with Crippen molar-refractivity contribution in [3.8, 4) is 0 Å². The molecule has 1 aromatic heterocycles. The third kappa shape index (κ3) is 5.34. The second kappa shape index (κ2) is 9.62. The summed E-state index contributed by atoms with van der Waals surface area (Å²) in [6.07, 6.45) is 1.04. The Bertz CT molecular complexity index is 939. The van der Waals surface area contributed by atoms with Crippen molar-refractivity contribution in [1.82, 2.24) is 35.9 Å². The molecule has 0 spiro atoms. The minimum Gasteiger partial charge on any atom is -0.444 e. The number of amides is 4. The van der Waals surface area contributed by atoms with Gasteiger partial charge in [-0.15, -0.1) is 0 Å². The number of carbonyl (C=O) groups is 3. The molecule has 1 aromatic rings.